The summed E-state index contributed by atoms with van der Waals surface area (Å²) in [5, 5.41) is 0.337. The molecule has 0 aliphatic heterocycles. The molecule has 0 aliphatic rings. The van der Waals surface area contributed by atoms with E-state index >= 15 is 0 Å². The second-order valence-corrected chi connectivity index (χ2v) is 4.56. The van der Waals surface area contributed by atoms with Crippen LogP contribution in [0.1, 0.15) is 12.5 Å². The number of aromatic nitrogens is 2. The molecule has 100 valence electrons. The molecule has 2 rings (SSSR count). The molecule has 0 atom stereocenters. The summed E-state index contributed by atoms with van der Waals surface area (Å²) in [5.41, 5.74) is 1.12. The lowest BCUT2D eigenvalue weighted by Gasteiger charge is -2.21. The Morgan fingerprint density at radius 3 is 2.68 bits per heavy atom. The Morgan fingerprint density at radius 1 is 1.37 bits per heavy atom. The van der Waals surface area contributed by atoms with Crippen molar-refractivity contribution in [2.45, 2.75) is 20.0 Å². The number of nitrogens with zero attached hydrogens (tertiary/aromatic N) is 3. The van der Waals surface area contributed by atoms with Crippen LogP contribution in [0.15, 0.2) is 42.7 Å². The molecule has 0 radical (unpaired) electrons. The lowest BCUT2D eigenvalue weighted by Crippen LogP contribution is -2.33. The maximum atomic E-state index is 12.2. The highest BCUT2D eigenvalue weighted by Crippen LogP contribution is 2.08. The molecule has 0 saturated heterocycles. The fourth-order valence-electron chi connectivity index (χ4n) is 1.85. The zero-order valence-corrected chi connectivity index (χ0v) is 11.5. The predicted octanol–water partition coefficient (Wildman–Crippen LogP) is 2.59. The molecule has 0 fully saturated rings. The van der Waals surface area contributed by atoms with Crippen LogP contribution in [0.2, 0.25) is 5.28 Å². The van der Waals surface area contributed by atoms with Crippen LogP contribution in [0.25, 0.3) is 0 Å². The minimum atomic E-state index is 0.0336. The Bertz CT molecular complexity index is 539. The monoisotopic (exact) mass is 277 g/mol. The highest BCUT2D eigenvalue weighted by atomic mass is 35.5. The van der Waals surface area contributed by atoms with Gasteiger partial charge in [-0.2, -0.15) is 0 Å². The van der Waals surface area contributed by atoms with E-state index in [-0.39, 0.29) is 12.5 Å². The first-order valence-corrected chi connectivity index (χ1v) is 6.57. The molecular weight excluding hydrogens is 262 g/mol. The molecule has 1 heterocycles. The van der Waals surface area contributed by atoms with E-state index in [2.05, 4.69) is 4.98 Å². The van der Waals surface area contributed by atoms with E-state index in [9.17, 15) is 4.79 Å². The molecule has 0 saturated carbocycles. The minimum Gasteiger partial charge on any atom is -0.337 e. The van der Waals surface area contributed by atoms with Gasteiger partial charge in [0, 0.05) is 25.5 Å². The lowest BCUT2D eigenvalue weighted by molar-refractivity contribution is -0.132. The molecule has 0 unspecified atom stereocenters. The average Bonchev–Trinajstić information content (AvgIpc) is 2.82. The van der Waals surface area contributed by atoms with Crippen molar-refractivity contribution in [1.82, 2.24) is 14.5 Å². The maximum Gasteiger partial charge on any atom is 0.242 e. The average molecular weight is 278 g/mol. The standard InChI is InChI=1S/C14H16ClN3O/c1-2-17(10-12-6-4-3-5-7-12)13(19)11-18-9-8-16-14(18)15/h3-9H,2,10-11H2,1H3. The quantitative estimate of drug-likeness (QED) is 0.842. The maximum absolute atomic E-state index is 12.2. The van der Waals surface area contributed by atoms with E-state index < -0.39 is 0 Å². The van der Waals surface area contributed by atoms with Crippen LogP contribution in [0, 0.1) is 0 Å². The van der Waals surface area contributed by atoms with Crippen LogP contribution in [-0.4, -0.2) is 26.9 Å². The molecule has 1 amide bonds. The number of amides is 1. The lowest BCUT2D eigenvalue weighted by atomic mass is 10.2. The smallest absolute Gasteiger partial charge is 0.242 e. The van der Waals surface area contributed by atoms with Gasteiger partial charge in [0.15, 0.2) is 0 Å². The van der Waals surface area contributed by atoms with Gasteiger partial charge >= 0.3 is 0 Å². The number of carbonyl (C=O) groups excluding carboxylic acids is 1. The molecule has 0 N–H and O–H groups in total. The molecule has 19 heavy (non-hydrogen) atoms. The number of imidazole rings is 1. The molecule has 1 aromatic carbocycles. The molecule has 2 aromatic rings. The van der Waals surface area contributed by atoms with Gasteiger partial charge in [-0.15, -0.1) is 0 Å². The van der Waals surface area contributed by atoms with E-state index in [0.29, 0.717) is 18.4 Å². The number of benzene rings is 1. The molecule has 4 nitrogen and oxygen atoms in total. The third-order valence-electron chi connectivity index (χ3n) is 2.92. The SMILES string of the molecule is CCN(Cc1ccccc1)C(=O)Cn1ccnc1Cl. The van der Waals surface area contributed by atoms with E-state index in [1.807, 2.05) is 37.3 Å². The molecule has 5 heteroatoms. The number of hydrogen-bond donors (Lipinski definition) is 0. The zero-order valence-electron chi connectivity index (χ0n) is 10.8. The van der Waals surface area contributed by atoms with Crippen LogP contribution in [-0.2, 0) is 17.9 Å². The summed E-state index contributed by atoms with van der Waals surface area (Å²) in [4.78, 5) is 17.9. The molecular formula is C14H16ClN3O. The number of rotatable bonds is 5. The molecule has 0 aliphatic carbocycles. The van der Waals surface area contributed by atoms with Crippen LogP contribution >= 0.6 is 11.6 Å². The van der Waals surface area contributed by atoms with E-state index in [1.54, 1.807) is 21.9 Å². The van der Waals surface area contributed by atoms with Crippen molar-refractivity contribution in [2.24, 2.45) is 0 Å². The van der Waals surface area contributed by atoms with E-state index in [0.717, 1.165) is 5.56 Å². The van der Waals surface area contributed by atoms with Gasteiger partial charge in [-0.05, 0) is 24.1 Å². The molecule has 0 spiro atoms. The zero-order chi connectivity index (χ0) is 13.7. The Labute approximate surface area is 117 Å². The first kappa shape index (κ1) is 13.6. The Kier molecular flexibility index (Phi) is 4.58. The summed E-state index contributed by atoms with van der Waals surface area (Å²) in [6.45, 7) is 3.47. The van der Waals surface area contributed by atoms with Gasteiger partial charge in [0.05, 0.1) is 0 Å². The molecule has 1 aromatic heterocycles. The van der Waals surface area contributed by atoms with Crippen molar-refractivity contribution in [1.29, 1.82) is 0 Å². The van der Waals surface area contributed by atoms with Crippen LogP contribution in [0.3, 0.4) is 0 Å². The number of hydrogen-bond acceptors (Lipinski definition) is 2. The first-order chi connectivity index (χ1) is 9.20. The summed E-state index contributed by atoms with van der Waals surface area (Å²) < 4.78 is 1.64. The van der Waals surface area contributed by atoms with Gasteiger partial charge in [-0.25, -0.2) is 4.98 Å². The topological polar surface area (TPSA) is 38.1 Å². The van der Waals surface area contributed by atoms with Gasteiger partial charge in [0.2, 0.25) is 11.2 Å². The van der Waals surface area contributed by atoms with Gasteiger partial charge in [-0.3, -0.25) is 4.79 Å². The second kappa shape index (κ2) is 6.38. The van der Waals surface area contributed by atoms with E-state index in [4.69, 9.17) is 11.6 Å². The van der Waals surface area contributed by atoms with Gasteiger partial charge in [0.1, 0.15) is 6.54 Å². The summed E-state index contributed by atoms with van der Waals surface area (Å²) in [6, 6.07) is 9.94. The minimum absolute atomic E-state index is 0.0336. The fourth-order valence-corrected chi connectivity index (χ4v) is 2.03. The summed E-state index contributed by atoms with van der Waals surface area (Å²) in [7, 11) is 0. The van der Waals surface area contributed by atoms with Crippen molar-refractivity contribution >= 4 is 17.5 Å². The normalized spacial score (nSPS) is 10.4. The third kappa shape index (κ3) is 3.58. The predicted molar refractivity (Wildman–Crippen MR) is 74.8 cm³/mol. The van der Waals surface area contributed by atoms with Gasteiger partial charge in [0.25, 0.3) is 0 Å². The van der Waals surface area contributed by atoms with Crippen LogP contribution < -0.4 is 0 Å². The Hall–Kier alpha value is -1.81. The van der Waals surface area contributed by atoms with Crippen LogP contribution in [0.5, 0.6) is 0 Å². The number of likely N-dealkylation sites (N-methyl/N-ethyl adjacent to an activating group) is 1. The van der Waals surface area contributed by atoms with Crippen molar-refractivity contribution in [3.63, 3.8) is 0 Å². The number of carbonyl (C=O) groups is 1. The fraction of sp³-hybridized carbons (Fsp3) is 0.286. The van der Waals surface area contributed by atoms with Gasteiger partial charge < -0.3 is 9.47 Å². The second-order valence-electron chi connectivity index (χ2n) is 4.22. The van der Waals surface area contributed by atoms with Crippen LogP contribution in [0.4, 0.5) is 0 Å². The Balaban J connectivity index is 2.01. The Morgan fingerprint density at radius 2 is 2.11 bits per heavy atom. The van der Waals surface area contributed by atoms with E-state index in [1.165, 1.54) is 0 Å². The summed E-state index contributed by atoms with van der Waals surface area (Å²) in [6.07, 6.45) is 3.29. The van der Waals surface area contributed by atoms with Crippen molar-refractivity contribution in [2.75, 3.05) is 6.54 Å². The highest BCUT2D eigenvalue weighted by Gasteiger charge is 2.13. The van der Waals surface area contributed by atoms with Crippen molar-refractivity contribution in [3.05, 3.63) is 53.6 Å². The highest BCUT2D eigenvalue weighted by molar-refractivity contribution is 6.28. The summed E-state index contributed by atoms with van der Waals surface area (Å²) in [5.74, 6) is 0.0336. The molecule has 0 bridgehead atoms. The van der Waals surface area contributed by atoms with Gasteiger partial charge in [-0.1, -0.05) is 30.3 Å². The van der Waals surface area contributed by atoms with Crippen molar-refractivity contribution in [3.8, 4) is 0 Å². The largest absolute Gasteiger partial charge is 0.337 e. The first-order valence-electron chi connectivity index (χ1n) is 6.19. The summed E-state index contributed by atoms with van der Waals surface area (Å²) >= 11 is 5.87. The third-order valence-corrected chi connectivity index (χ3v) is 3.24. The number of halogens is 1. The van der Waals surface area contributed by atoms with Crippen molar-refractivity contribution < 1.29 is 4.79 Å².